The first-order chi connectivity index (χ1) is 21.1. The van der Waals surface area contributed by atoms with Crippen molar-refractivity contribution >= 4 is 32.7 Å². The first-order valence-electron chi connectivity index (χ1n) is 14.8. The highest BCUT2D eigenvalue weighted by Gasteiger charge is 2.40. The number of hydrogen-bond acceptors (Lipinski definition) is 13. The van der Waals surface area contributed by atoms with Gasteiger partial charge in [-0.2, -0.15) is 0 Å². The lowest BCUT2D eigenvalue weighted by atomic mass is 10.00. The standard InChI is InChI=1S/C29H50O14Si/c1-6-27(33)38-20-24(30)19-36-15-11-12-16-37-21-25(22-39-28(34)7-2)43-29(35)23(18-26(31)32)14-13-17-44(40-8-3,41-9-4)42-10-5/h6-7,23-25,30H,1-2,8-22H2,3-5H3,(H,31,32). The van der Waals surface area contributed by atoms with Crippen molar-refractivity contribution in [2.24, 2.45) is 5.92 Å². The zero-order chi connectivity index (χ0) is 33.2. The summed E-state index contributed by atoms with van der Waals surface area (Å²) in [5.74, 6) is -4.22. The second-order valence-electron chi connectivity index (χ2n) is 9.41. The monoisotopic (exact) mass is 650 g/mol. The Hall–Kier alpha value is -2.66. The van der Waals surface area contributed by atoms with Crippen molar-refractivity contribution in [3.63, 3.8) is 0 Å². The van der Waals surface area contributed by atoms with Gasteiger partial charge >= 0.3 is 32.7 Å². The summed E-state index contributed by atoms with van der Waals surface area (Å²) in [7, 11) is -2.98. The minimum atomic E-state index is -2.98. The first kappa shape index (κ1) is 41.3. The number of carboxylic acid groups (broad SMARTS) is 1. The van der Waals surface area contributed by atoms with Crippen LogP contribution in [0.5, 0.6) is 0 Å². The maximum absolute atomic E-state index is 13.0. The summed E-state index contributed by atoms with van der Waals surface area (Å²) < 4.78 is 43.7. The Morgan fingerprint density at radius 1 is 0.773 bits per heavy atom. The van der Waals surface area contributed by atoms with Gasteiger partial charge in [-0.15, -0.1) is 0 Å². The molecule has 0 amide bonds. The zero-order valence-corrected chi connectivity index (χ0v) is 27.2. The number of carboxylic acids is 1. The third kappa shape index (κ3) is 20.3. The second kappa shape index (κ2) is 25.6. The predicted molar refractivity (Wildman–Crippen MR) is 159 cm³/mol. The molecule has 44 heavy (non-hydrogen) atoms. The number of aliphatic hydroxyl groups is 1. The number of esters is 3. The van der Waals surface area contributed by atoms with Crippen LogP contribution in [0.4, 0.5) is 0 Å². The van der Waals surface area contributed by atoms with Gasteiger partial charge in [0.2, 0.25) is 0 Å². The van der Waals surface area contributed by atoms with E-state index in [4.69, 9.17) is 37.0 Å². The van der Waals surface area contributed by atoms with Crippen LogP contribution in [0.25, 0.3) is 0 Å². The topological polar surface area (TPSA) is 183 Å². The van der Waals surface area contributed by atoms with Crippen LogP contribution in [0, 0.1) is 5.92 Å². The fourth-order valence-corrected chi connectivity index (χ4v) is 6.46. The van der Waals surface area contributed by atoms with E-state index in [2.05, 4.69) is 13.2 Å². The number of aliphatic carboxylic acids is 1. The van der Waals surface area contributed by atoms with Crippen molar-refractivity contribution in [1.29, 1.82) is 0 Å². The normalized spacial score (nSPS) is 13.4. The van der Waals surface area contributed by atoms with Gasteiger partial charge in [-0.3, -0.25) is 9.59 Å². The average Bonchev–Trinajstić information content (AvgIpc) is 2.99. The van der Waals surface area contributed by atoms with Crippen LogP contribution in [0.3, 0.4) is 0 Å². The molecule has 0 aromatic rings. The molecule has 0 aromatic heterocycles. The van der Waals surface area contributed by atoms with Gasteiger partial charge in [0.1, 0.15) is 19.3 Å². The fourth-order valence-electron chi connectivity index (χ4n) is 3.82. The van der Waals surface area contributed by atoms with Gasteiger partial charge in [-0.05, 0) is 46.5 Å². The maximum Gasteiger partial charge on any atom is 0.500 e. The lowest BCUT2D eigenvalue weighted by Crippen LogP contribution is -2.46. The van der Waals surface area contributed by atoms with E-state index in [1.165, 1.54) is 0 Å². The molecule has 3 atom stereocenters. The Morgan fingerprint density at radius 3 is 1.80 bits per heavy atom. The molecule has 0 aliphatic rings. The van der Waals surface area contributed by atoms with Crippen LogP contribution in [-0.4, -0.2) is 115 Å². The van der Waals surface area contributed by atoms with Crippen LogP contribution in [0.2, 0.25) is 6.04 Å². The highest BCUT2D eigenvalue weighted by molar-refractivity contribution is 6.60. The van der Waals surface area contributed by atoms with Crippen molar-refractivity contribution in [2.75, 3.05) is 59.5 Å². The summed E-state index contributed by atoms with van der Waals surface area (Å²) in [6.45, 7) is 13.3. The second-order valence-corrected chi connectivity index (χ2v) is 12.1. The fraction of sp³-hybridized carbons (Fsp3) is 0.724. The number of hydrogen-bond donors (Lipinski definition) is 2. The van der Waals surface area contributed by atoms with E-state index in [9.17, 15) is 29.4 Å². The van der Waals surface area contributed by atoms with Gasteiger partial charge in [0.05, 0.1) is 25.6 Å². The van der Waals surface area contributed by atoms with Gasteiger partial charge < -0.3 is 47.2 Å². The Kier molecular flexibility index (Phi) is 24.1. The van der Waals surface area contributed by atoms with Crippen LogP contribution < -0.4 is 0 Å². The van der Waals surface area contributed by atoms with Crippen LogP contribution in [0.1, 0.15) is 52.9 Å². The summed E-state index contributed by atoms with van der Waals surface area (Å²) in [6.07, 6.45) is 1.35. The molecule has 0 bridgehead atoms. The van der Waals surface area contributed by atoms with Crippen molar-refractivity contribution in [3.8, 4) is 0 Å². The lowest BCUT2D eigenvalue weighted by molar-refractivity contribution is -0.166. The molecule has 0 heterocycles. The summed E-state index contributed by atoms with van der Waals surface area (Å²) in [5, 5.41) is 19.1. The van der Waals surface area contributed by atoms with E-state index in [0.29, 0.717) is 51.7 Å². The molecule has 0 spiro atoms. The van der Waals surface area contributed by atoms with Crippen molar-refractivity contribution in [2.45, 2.75) is 71.1 Å². The average molecular weight is 651 g/mol. The Balaban J connectivity index is 4.92. The molecule has 0 aliphatic carbocycles. The Morgan fingerprint density at radius 2 is 1.30 bits per heavy atom. The van der Waals surface area contributed by atoms with Crippen LogP contribution >= 0.6 is 0 Å². The molecule has 0 radical (unpaired) electrons. The third-order valence-corrected chi connectivity index (χ3v) is 8.92. The summed E-state index contributed by atoms with van der Waals surface area (Å²) in [6, 6.07) is 0.404. The van der Waals surface area contributed by atoms with Crippen molar-refractivity contribution < 1.29 is 66.4 Å². The Bertz CT molecular complexity index is 835. The van der Waals surface area contributed by atoms with Crippen LogP contribution in [-0.2, 0) is 56.1 Å². The highest BCUT2D eigenvalue weighted by atomic mass is 28.4. The zero-order valence-electron chi connectivity index (χ0n) is 26.2. The summed E-state index contributed by atoms with van der Waals surface area (Å²) in [4.78, 5) is 47.2. The molecule has 14 nitrogen and oxygen atoms in total. The molecule has 2 N–H and O–H groups in total. The molecule has 0 aromatic carbocycles. The lowest BCUT2D eigenvalue weighted by Gasteiger charge is -2.29. The third-order valence-electron chi connectivity index (χ3n) is 5.77. The SMILES string of the molecule is C=CC(=O)OCC(O)COCCCCOCC(COC(=O)C=C)OC(=O)C(CCC[Si](OCC)(OCC)OCC)CC(=O)O. The summed E-state index contributed by atoms with van der Waals surface area (Å²) >= 11 is 0. The number of aliphatic hydroxyl groups excluding tert-OH is 1. The van der Waals surface area contributed by atoms with Gasteiger partial charge in [-0.1, -0.05) is 13.2 Å². The molecular weight excluding hydrogens is 600 g/mol. The quantitative estimate of drug-likeness (QED) is 0.0396. The minimum Gasteiger partial charge on any atom is -0.481 e. The summed E-state index contributed by atoms with van der Waals surface area (Å²) in [5.41, 5.74) is 0. The van der Waals surface area contributed by atoms with E-state index in [0.717, 1.165) is 12.2 Å². The first-order valence-corrected chi connectivity index (χ1v) is 16.7. The molecule has 0 saturated carbocycles. The maximum atomic E-state index is 13.0. The van der Waals surface area contributed by atoms with Crippen molar-refractivity contribution in [3.05, 3.63) is 25.3 Å². The largest absolute Gasteiger partial charge is 0.500 e. The van der Waals surface area contributed by atoms with E-state index < -0.39 is 57.2 Å². The minimum absolute atomic E-state index is 0.0124. The molecule has 0 aliphatic heterocycles. The molecule has 0 rings (SSSR count). The Labute approximate surface area is 260 Å². The number of ether oxygens (including phenoxy) is 5. The van der Waals surface area contributed by atoms with Gasteiger partial charge in [0, 0.05) is 51.2 Å². The van der Waals surface area contributed by atoms with Gasteiger partial charge in [0.25, 0.3) is 0 Å². The molecule has 0 saturated heterocycles. The number of rotatable bonds is 29. The molecule has 3 unspecified atom stereocenters. The van der Waals surface area contributed by atoms with Gasteiger partial charge in [-0.25, -0.2) is 9.59 Å². The molecule has 15 heteroatoms. The smallest absolute Gasteiger partial charge is 0.481 e. The molecule has 0 fully saturated rings. The molecular formula is C29H50O14Si. The van der Waals surface area contributed by atoms with Crippen LogP contribution in [0.15, 0.2) is 25.3 Å². The highest BCUT2D eigenvalue weighted by Crippen LogP contribution is 2.23. The van der Waals surface area contributed by atoms with Gasteiger partial charge in [0.15, 0.2) is 6.10 Å². The van der Waals surface area contributed by atoms with E-state index >= 15 is 0 Å². The number of unbranched alkanes of at least 4 members (excludes halogenated alkanes) is 1. The number of carbonyl (C=O) groups excluding carboxylic acids is 3. The van der Waals surface area contributed by atoms with Crippen molar-refractivity contribution in [1.82, 2.24) is 0 Å². The van der Waals surface area contributed by atoms with E-state index in [-0.39, 0.29) is 39.5 Å². The van der Waals surface area contributed by atoms with E-state index in [1.807, 2.05) is 20.8 Å². The predicted octanol–water partition coefficient (Wildman–Crippen LogP) is 2.45. The number of carbonyl (C=O) groups is 4. The van der Waals surface area contributed by atoms with E-state index in [1.54, 1.807) is 0 Å². The molecule has 254 valence electrons.